The third-order valence-corrected chi connectivity index (χ3v) is 1.62. The number of benzene rings is 1. The zero-order chi connectivity index (χ0) is 12.7. The third-order valence-electron chi connectivity index (χ3n) is 1.62. The van der Waals surface area contributed by atoms with Crippen molar-refractivity contribution in [2.45, 2.75) is 6.18 Å². The van der Waals surface area contributed by atoms with E-state index < -0.39 is 40.7 Å². The van der Waals surface area contributed by atoms with Crippen molar-refractivity contribution >= 4 is 5.69 Å². The van der Waals surface area contributed by atoms with Crippen LogP contribution < -0.4 is 0 Å². The smallest absolute Gasteiger partial charge is 0.203 e. The van der Waals surface area contributed by atoms with Gasteiger partial charge in [-0.3, -0.25) is 0 Å². The van der Waals surface area contributed by atoms with Crippen LogP contribution in [0.3, 0.4) is 0 Å². The van der Waals surface area contributed by atoms with Crippen molar-refractivity contribution in [3.63, 3.8) is 0 Å². The molecule has 86 valence electrons. The van der Waals surface area contributed by atoms with Gasteiger partial charge in [-0.25, -0.2) is 8.78 Å². The molecule has 0 aliphatic carbocycles. The van der Waals surface area contributed by atoms with Gasteiger partial charge in [0.15, 0.2) is 10.8 Å². The van der Waals surface area contributed by atoms with Crippen LogP contribution in [0.1, 0.15) is 5.56 Å². The van der Waals surface area contributed by atoms with Gasteiger partial charge in [-0.2, -0.15) is 22.0 Å². The van der Waals surface area contributed by atoms with Gasteiger partial charge >= 0.3 is 11.9 Å². The second kappa shape index (κ2) is 3.62. The molecule has 0 saturated carbocycles. The molecule has 1 aromatic rings. The summed E-state index contributed by atoms with van der Waals surface area (Å²) in [6.45, 7) is 0. The first-order chi connectivity index (χ1) is 7.21. The second-order valence-corrected chi connectivity index (χ2v) is 2.58. The van der Waals surface area contributed by atoms with Crippen molar-refractivity contribution in [2.75, 3.05) is 0 Å². The average molecular weight is 245 g/mol. The predicted molar refractivity (Wildman–Crippen MR) is 36.0 cm³/mol. The fourth-order valence-electron chi connectivity index (χ4n) is 0.958. The lowest BCUT2D eigenvalue weighted by molar-refractivity contribution is -0.142. The van der Waals surface area contributed by atoms with E-state index in [0.29, 0.717) is 0 Å². The van der Waals surface area contributed by atoms with Gasteiger partial charge in [-0.15, -0.1) is 0 Å². The summed E-state index contributed by atoms with van der Waals surface area (Å²) in [6, 6.07) is 0. The summed E-state index contributed by atoms with van der Waals surface area (Å²) < 4.78 is 86.8. The molecule has 0 heterocycles. The van der Waals surface area contributed by atoms with E-state index in [2.05, 4.69) is 0 Å². The summed E-state index contributed by atoms with van der Waals surface area (Å²) in [6.07, 6.45) is -5.58. The second-order valence-electron chi connectivity index (χ2n) is 2.58. The van der Waals surface area contributed by atoms with E-state index in [-0.39, 0.29) is 0 Å². The number of alkyl halides is 3. The van der Waals surface area contributed by atoms with Crippen LogP contribution in [-0.4, -0.2) is 0 Å². The van der Waals surface area contributed by atoms with Crippen molar-refractivity contribution in [3.8, 4) is 0 Å². The van der Waals surface area contributed by atoms with E-state index in [4.69, 9.17) is 5.39 Å². The van der Waals surface area contributed by atoms with E-state index in [0.717, 1.165) is 0 Å². The zero-order valence-electron chi connectivity index (χ0n) is 7.04. The molecule has 0 spiro atoms. The van der Waals surface area contributed by atoms with Gasteiger partial charge < -0.3 is 0 Å². The van der Waals surface area contributed by atoms with Gasteiger partial charge in [0.05, 0.1) is 0 Å². The monoisotopic (exact) mass is 245 g/mol. The topological polar surface area (TPSA) is 28.1 Å². The van der Waals surface area contributed by atoms with Crippen LogP contribution >= 0.6 is 0 Å². The van der Waals surface area contributed by atoms with Crippen molar-refractivity contribution in [1.82, 2.24) is 0 Å². The maximum atomic E-state index is 12.9. The highest BCUT2D eigenvalue weighted by Gasteiger charge is 2.46. The Balaban J connectivity index is 3.78. The van der Waals surface area contributed by atoms with Gasteiger partial charge in [0, 0.05) is 0 Å². The van der Waals surface area contributed by atoms with Crippen molar-refractivity contribution in [3.05, 3.63) is 33.8 Å². The highest BCUT2D eigenvalue weighted by molar-refractivity contribution is 5.51. The number of diazo groups is 1. The Bertz CT molecular complexity index is 485. The summed E-state index contributed by atoms with van der Waals surface area (Å²) in [4.78, 5) is 1.79. The van der Waals surface area contributed by atoms with Crippen LogP contribution in [-0.2, 0) is 6.18 Å². The normalized spacial score (nSPS) is 11.4. The molecule has 0 saturated heterocycles. The summed E-state index contributed by atoms with van der Waals surface area (Å²) in [5.74, 6) is -10.2. The molecule has 0 atom stereocenters. The van der Waals surface area contributed by atoms with Gasteiger partial charge in [0.2, 0.25) is 17.0 Å². The molecule has 16 heavy (non-hydrogen) atoms. The van der Waals surface area contributed by atoms with E-state index in [1.54, 1.807) is 4.98 Å². The largest absolute Gasteiger partial charge is 0.459 e. The van der Waals surface area contributed by atoms with Crippen LogP contribution in [0.4, 0.5) is 36.4 Å². The quantitative estimate of drug-likeness (QED) is 0.296. The Morgan fingerprint density at radius 1 is 0.812 bits per heavy atom. The molecular formula is C7F7N2+. The Kier molecular flexibility index (Phi) is 2.77. The van der Waals surface area contributed by atoms with Gasteiger partial charge in [0.1, 0.15) is 5.56 Å². The first-order valence-corrected chi connectivity index (χ1v) is 3.50. The predicted octanol–water partition coefficient (Wildman–Crippen LogP) is 3.75. The van der Waals surface area contributed by atoms with Crippen molar-refractivity contribution in [1.29, 1.82) is 5.39 Å². The van der Waals surface area contributed by atoms with Gasteiger partial charge in [-0.05, 0) is 0 Å². The molecule has 1 rings (SSSR count). The molecule has 0 fully saturated rings. The van der Waals surface area contributed by atoms with Crippen LogP contribution in [0, 0.1) is 28.7 Å². The minimum atomic E-state index is -5.58. The van der Waals surface area contributed by atoms with Crippen LogP contribution in [0.5, 0.6) is 0 Å². The molecule has 2 nitrogen and oxygen atoms in total. The number of hydrogen-bond donors (Lipinski definition) is 0. The van der Waals surface area contributed by atoms with E-state index in [9.17, 15) is 30.7 Å². The molecule has 0 bridgehead atoms. The fraction of sp³-hybridized carbons (Fsp3) is 0.143. The minimum absolute atomic E-state index is 1.79. The van der Waals surface area contributed by atoms with Crippen LogP contribution in [0.15, 0.2) is 0 Å². The first kappa shape index (κ1) is 12.2. The molecule has 0 amide bonds. The number of nitrogens with zero attached hydrogens (tertiary/aromatic N) is 2. The van der Waals surface area contributed by atoms with E-state index in [1.165, 1.54) is 0 Å². The molecule has 9 heteroatoms. The molecule has 0 N–H and O–H groups in total. The van der Waals surface area contributed by atoms with Crippen LogP contribution in [0.25, 0.3) is 4.98 Å². The van der Waals surface area contributed by atoms with Crippen LogP contribution in [0.2, 0.25) is 0 Å². The first-order valence-electron chi connectivity index (χ1n) is 3.50. The third kappa shape index (κ3) is 1.66. The molecule has 0 aliphatic heterocycles. The maximum absolute atomic E-state index is 12.9. The number of halogens is 7. The Labute approximate surface area is 82.9 Å². The average Bonchev–Trinajstić information content (AvgIpc) is 2.13. The van der Waals surface area contributed by atoms with E-state index in [1.807, 2.05) is 0 Å². The molecule has 0 aromatic heterocycles. The Morgan fingerprint density at radius 2 is 1.31 bits per heavy atom. The molecule has 0 unspecified atom stereocenters. The minimum Gasteiger partial charge on any atom is -0.203 e. The fourth-order valence-corrected chi connectivity index (χ4v) is 0.958. The van der Waals surface area contributed by atoms with Crippen molar-refractivity contribution < 1.29 is 30.7 Å². The van der Waals surface area contributed by atoms with Gasteiger partial charge in [0.25, 0.3) is 5.82 Å². The van der Waals surface area contributed by atoms with Crippen molar-refractivity contribution in [2.24, 2.45) is 0 Å². The molecular weight excluding hydrogens is 245 g/mol. The lowest BCUT2D eigenvalue weighted by atomic mass is 10.1. The zero-order valence-corrected chi connectivity index (χ0v) is 7.04. The lowest BCUT2D eigenvalue weighted by Crippen LogP contribution is -2.14. The maximum Gasteiger partial charge on any atom is 0.459 e. The van der Waals surface area contributed by atoms with E-state index >= 15 is 0 Å². The standard InChI is InChI=1S/C7F7N2/c8-2-1(7(12,13)14)3(9)6(16-15)5(11)4(2)10/q+1. The Hall–Kier alpha value is -1.85. The molecule has 1 aromatic carbocycles. The molecule has 0 radical (unpaired) electrons. The summed E-state index contributed by atoms with van der Waals surface area (Å²) in [5, 5.41) is 7.99. The highest BCUT2D eigenvalue weighted by Crippen LogP contribution is 2.39. The SMILES string of the molecule is N#[N+]c1c(F)c(F)c(F)c(C(F)(F)F)c1F. The summed E-state index contributed by atoms with van der Waals surface area (Å²) >= 11 is 0. The summed E-state index contributed by atoms with van der Waals surface area (Å²) in [7, 11) is 0. The lowest BCUT2D eigenvalue weighted by Gasteiger charge is -2.08. The summed E-state index contributed by atoms with van der Waals surface area (Å²) in [5.41, 5.74) is -4.59. The molecule has 0 aliphatic rings. The van der Waals surface area contributed by atoms with Gasteiger partial charge in [-0.1, -0.05) is 0 Å². The Morgan fingerprint density at radius 3 is 1.69 bits per heavy atom. The highest BCUT2D eigenvalue weighted by atomic mass is 19.4. The number of hydrogen-bond acceptors (Lipinski definition) is 1. The number of rotatable bonds is 0.